The highest BCUT2D eigenvalue weighted by molar-refractivity contribution is 5.24. The Morgan fingerprint density at radius 3 is 2.42 bits per heavy atom. The highest BCUT2D eigenvalue weighted by Crippen LogP contribution is 2.37. The lowest BCUT2D eigenvalue weighted by Crippen LogP contribution is -2.41. The Kier molecular flexibility index (Phi) is 5.00. The molecule has 1 saturated heterocycles. The van der Waals surface area contributed by atoms with Gasteiger partial charge in [-0.3, -0.25) is 0 Å². The monoisotopic (exact) mass is 261 g/mol. The van der Waals surface area contributed by atoms with Crippen molar-refractivity contribution in [3.63, 3.8) is 0 Å². The second-order valence-corrected chi connectivity index (χ2v) is 5.75. The van der Waals surface area contributed by atoms with Crippen LogP contribution in [0.25, 0.3) is 0 Å². The van der Waals surface area contributed by atoms with Gasteiger partial charge in [0, 0.05) is 18.6 Å². The molecule has 1 aromatic carbocycles. The summed E-state index contributed by atoms with van der Waals surface area (Å²) in [6, 6.07) is 9.10. The molecule has 2 nitrogen and oxygen atoms in total. The molecule has 2 rings (SSSR count). The fourth-order valence-electron chi connectivity index (χ4n) is 3.02. The van der Waals surface area contributed by atoms with Crippen LogP contribution in [0.3, 0.4) is 0 Å². The van der Waals surface area contributed by atoms with Crippen LogP contribution >= 0.6 is 0 Å². The fourth-order valence-corrected chi connectivity index (χ4v) is 3.02. The molecule has 106 valence electrons. The van der Waals surface area contributed by atoms with Gasteiger partial charge in [-0.05, 0) is 43.9 Å². The van der Waals surface area contributed by atoms with Crippen molar-refractivity contribution in [2.75, 3.05) is 19.7 Å². The van der Waals surface area contributed by atoms with Crippen LogP contribution in [0.2, 0.25) is 0 Å². The van der Waals surface area contributed by atoms with E-state index in [1.807, 2.05) is 0 Å². The van der Waals surface area contributed by atoms with E-state index >= 15 is 0 Å². The quantitative estimate of drug-likeness (QED) is 0.849. The van der Waals surface area contributed by atoms with Gasteiger partial charge in [0.25, 0.3) is 0 Å². The Bertz CT molecular complexity index is 387. The number of hydrogen-bond acceptors (Lipinski definition) is 2. The third-order valence-corrected chi connectivity index (χ3v) is 4.54. The molecule has 2 unspecified atom stereocenters. The van der Waals surface area contributed by atoms with Gasteiger partial charge < -0.3 is 10.1 Å². The Hall–Kier alpha value is -0.860. The Morgan fingerprint density at radius 1 is 1.21 bits per heavy atom. The lowest BCUT2D eigenvalue weighted by Gasteiger charge is -2.32. The summed E-state index contributed by atoms with van der Waals surface area (Å²) in [4.78, 5) is 0. The lowest BCUT2D eigenvalue weighted by atomic mass is 9.76. The van der Waals surface area contributed by atoms with Crippen LogP contribution in [0, 0.1) is 5.41 Å². The number of nitrogens with one attached hydrogen (secondary N) is 1. The molecule has 19 heavy (non-hydrogen) atoms. The molecule has 0 radical (unpaired) electrons. The maximum absolute atomic E-state index is 5.84. The van der Waals surface area contributed by atoms with Crippen molar-refractivity contribution < 1.29 is 4.74 Å². The minimum atomic E-state index is 0.268. The second kappa shape index (κ2) is 6.53. The molecule has 0 bridgehead atoms. The van der Waals surface area contributed by atoms with Gasteiger partial charge in [0.1, 0.15) is 0 Å². The molecule has 1 aliphatic heterocycles. The van der Waals surface area contributed by atoms with Gasteiger partial charge in [0.05, 0.1) is 6.10 Å². The zero-order chi connectivity index (χ0) is 13.7. The maximum atomic E-state index is 5.84. The van der Waals surface area contributed by atoms with Gasteiger partial charge in [-0.25, -0.2) is 0 Å². The first kappa shape index (κ1) is 14.5. The summed E-state index contributed by atoms with van der Waals surface area (Å²) < 4.78 is 5.84. The van der Waals surface area contributed by atoms with E-state index in [1.165, 1.54) is 11.1 Å². The summed E-state index contributed by atoms with van der Waals surface area (Å²) in [5.41, 5.74) is 3.12. The third-order valence-electron chi connectivity index (χ3n) is 4.54. The average Bonchev–Trinajstić information content (AvgIpc) is 2.79. The molecule has 2 atom stereocenters. The molecule has 1 N–H and O–H groups in total. The second-order valence-electron chi connectivity index (χ2n) is 5.75. The summed E-state index contributed by atoms with van der Waals surface area (Å²) in [5.74, 6) is 0. The van der Waals surface area contributed by atoms with Crippen molar-refractivity contribution in [2.45, 2.75) is 46.1 Å². The van der Waals surface area contributed by atoms with Crippen LogP contribution in [0.5, 0.6) is 0 Å². The van der Waals surface area contributed by atoms with Gasteiger partial charge >= 0.3 is 0 Å². The summed E-state index contributed by atoms with van der Waals surface area (Å²) in [6.07, 6.45) is 3.74. The van der Waals surface area contributed by atoms with Crippen LogP contribution in [-0.2, 0) is 17.6 Å². The van der Waals surface area contributed by atoms with E-state index in [9.17, 15) is 0 Å². The Labute approximate surface area is 117 Å². The fraction of sp³-hybridized carbons (Fsp3) is 0.647. The molecule has 1 heterocycles. The first-order valence-corrected chi connectivity index (χ1v) is 7.60. The van der Waals surface area contributed by atoms with Gasteiger partial charge in [0.15, 0.2) is 0 Å². The highest BCUT2D eigenvalue weighted by atomic mass is 16.5. The normalized spacial score (nSPS) is 26.8. The SMILES string of the molecule is CCNCC1(Cc2ccc(CC)cc2)CCOC1C. The van der Waals surface area contributed by atoms with Crippen molar-refractivity contribution in [2.24, 2.45) is 5.41 Å². The van der Waals surface area contributed by atoms with E-state index in [1.54, 1.807) is 0 Å². The molecule has 1 aromatic rings. The highest BCUT2D eigenvalue weighted by Gasteiger charge is 2.40. The molecule has 0 spiro atoms. The van der Waals surface area contributed by atoms with Crippen molar-refractivity contribution in [1.29, 1.82) is 0 Å². The van der Waals surface area contributed by atoms with Crippen molar-refractivity contribution in [3.05, 3.63) is 35.4 Å². The molecular weight excluding hydrogens is 234 g/mol. The van der Waals surface area contributed by atoms with Gasteiger partial charge in [-0.2, -0.15) is 0 Å². The number of ether oxygens (including phenoxy) is 1. The largest absolute Gasteiger partial charge is 0.378 e. The standard InChI is InChI=1S/C17H27NO/c1-4-15-6-8-16(9-7-15)12-17(13-18-5-2)10-11-19-14(17)3/h6-9,14,18H,4-5,10-13H2,1-3H3. The lowest BCUT2D eigenvalue weighted by molar-refractivity contribution is 0.0633. The number of benzene rings is 1. The van der Waals surface area contributed by atoms with E-state index in [0.29, 0.717) is 6.10 Å². The minimum absolute atomic E-state index is 0.268. The maximum Gasteiger partial charge on any atom is 0.0619 e. The third kappa shape index (κ3) is 3.37. The molecule has 0 amide bonds. The summed E-state index contributed by atoms with van der Waals surface area (Å²) in [7, 11) is 0. The van der Waals surface area contributed by atoms with Crippen LogP contribution in [0.1, 0.15) is 38.3 Å². The zero-order valence-corrected chi connectivity index (χ0v) is 12.5. The predicted molar refractivity (Wildman–Crippen MR) is 80.5 cm³/mol. The smallest absolute Gasteiger partial charge is 0.0619 e. The van der Waals surface area contributed by atoms with Crippen LogP contribution in [-0.4, -0.2) is 25.8 Å². The summed E-state index contributed by atoms with van der Waals surface area (Å²) in [5, 5.41) is 3.52. The average molecular weight is 261 g/mol. The van der Waals surface area contributed by atoms with Crippen molar-refractivity contribution in [1.82, 2.24) is 5.32 Å². The Morgan fingerprint density at radius 2 is 1.89 bits per heavy atom. The number of rotatable bonds is 6. The summed E-state index contributed by atoms with van der Waals surface area (Å²) >= 11 is 0. The van der Waals surface area contributed by atoms with Crippen LogP contribution in [0.15, 0.2) is 24.3 Å². The minimum Gasteiger partial charge on any atom is -0.378 e. The van der Waals surface area contributed by atoms with E-state index in [-0.39, 0.29) is 5.41 Å². The first-order valence-electron chi connectivity index (χ1n) is 7.60. The van der Waals surface area contributed by atoms with E-state index in [4.69, 9.17) is 4.74 Å². The van der Waals surface area contributed by atoms with Gasteiger partial charge in [0.2, 0.25) is 0 Å². The molecule has 1 aliphatic rings. The number of aryl methyl sites for hydroxylation is 1. The van der Waals surface area contributed by atoms with Crippen molar-refractivity contribution >= 4 is 0 Å². The van der Waals surface area contributed by atoms with Crippen molar-refractivity contribution in [3.8, 4) is 0 Å². The molecule has 0 aliphatic carbocycles. The van der Waals surface area contributed by atoms with E-state index in [0.717, 1.165) is 39.0 Å². The zero-order valence-electron chi connectivity index (χ0n) is 12.5. The molecule has 2 heteroatoms. The molecular formula is C17H27NO. The van der Waals surface area contributed by atoms with Gasteiger partial charge in [-0.1, -0.05) is 38.1 Å². The Balaban J connectivity index is 2.10. The van der Waals surface area contributed by atoms with E-state index in [2.05, 4.69) is 50.4 Å². The topological polar surface area (TPSA) is 21.3 Å². The molecule has 1 fully saturated rings. The molecule has 0 saturated carbocycles. The van der Waals surface area contributed by atoms with Crippen LogP contribution < -0.4 is 5.32 Å². The first-order chi connectivity index (χ1) is 9.20. The van der Waals surface area contributed by atoms with Gasteiger partial charge in [-0.15, -0.1) is 0 Å². The predicted octanol–water partition coefficient (Wildman–Crippen LogP) is 3.20. The molecule has 0 aromatic heterocycles. The number of hydrogen-bond donors (Lipinski definition) is 1. The van der Waals surface area contributed by atoms with E-state index < -0.39 is 0 Å². The van der Waals surface area contributed by atoms with Crippen LogP contribution in [0.4, 0.5) is 0 Å². The summed E-state index contributed by atoms with van der Waals surface area (Å²) in [6.45, 7) is 9.59.